The van der Waals surface area contributed by atoms with Gasteiger partial charge in [-0.05, 0) is 67.7 Å². The fourth-order valence-corrected chi connectivity index (χ4v) is 2.67. The number of benzene rings is 2. The summed E-state index contributed by atoms with van der Waals surface area (Å²) in [7, 11) is 0. The zero-order valence-electron chi connectivity index (χ0n) is 15.2. The number of hydrogen-bond acceptors (Lipinski definition) is 5. The number of hydrogen-bond donors (Lipinski definition) is 1. The van der Waals surface area contributed by atoms with Crippen LogP contribution in [0.4, 0.5) is 5.95 Å². The molecule has 0 fully saturated rings. The van der Waals surface area contributed by atoms with E-state index in [-0.39, 0.29) is 11.9 Å². The average molecular weight is 351 g/mol. The highest BCUT2D eigenvalue weighted by Gasteiger charge is 2.18. The molecule has 0 bridgehead atoms. The molecule has 1 atom stereocenters. The van der Waals surface area contributed by atoms with Crippen molar-refractivity contribution in [1.29, 1.82) is 0 Å². The summed E-state index contributed by atoms with van der Waals surface area (Å²) >= 11 is 0. The minimum absolute atomic E-state index is 0.115. The van der Waals surface area contributed by atoms with Crippen molar-refractivity contribution in [1.82, 2.24) is 10.1 Å². The Morgan fingerprint density at radius 1 is 1.12 bits per heavy atom. The standard InChI is InChI=1S/C20H21N3O3/c1-12-9-13(2)11-16(10-12)25-15(4)18(24)21-20-22-19(26-23-20)17-8-6-5-7-14(17)3/h5-11,15H,1-4H3,(H,21,23,24)/t15-/m1/s1. The van der Waals surface area contributed by atoms with Gasteiger partial charge in [-0.1, -0.05) is 24.3 Å². The van der Waals surface area contributed by atoms with Gasteiger partial charge in [0.05, 0.1) is 0 Å². The lowest BCUT2D eigenvalue weighted by atomic mass is 10.1. The molecule has 0 saturated heterocycles. The fraction of sp³-hybridized carbons (Fsp3) is 0.250. The van der Waals surface area contributed by atoms with Gasteiger partial charge < -0.3 is 9.26 Å². The Hall–Kier alpha value is -3.15. The molecule has 6 heteroatoms. The van der Waals surface area contributed by atoms with Gasteiger partial charge in [-0.3, -0.25) is 10.1 Å². The molecular weight excluding hydrogens is 330 g/mol. The number of aromatic nitrogens is 2. The van der Waals surface area contributed by atoms with Crippen LogP contribution in [0, 0.1) is 20.8 Å². The van der Waals surface area contributed by atoms with Crippen LogP contribution < -0.4 is 10.1 Å². The highest BCUT2D eigenvalue weighted by molar-refractivity contribution is 5.92. The number of carbonyl (C=O) groups excluding carboxylic acids is 1. The third-order valence-corrected chi connectivity index (χ3v) is 3.91. The second-order valence-corrected chi connectivity index (χ2v) is 6.31. The number of nitrogens with one attached hydrogen (secondary N) is 1. The molecule has 0 aliphatic rings. The third kappa shape index (κ3) is 4.08. The van der Waals surface area contributed by atoms with E-state index in [9.17, 15) is 4.79 Å². The van der Waals surface area contributed by atoms with Crippen LogP contribution in [0.1, 0.15) is 23.6 Å². The molecule has 6 nitrogen and oxygen atoms in total. The fourth-order valence-electron chi connectivity index (χ4n) is 2.67. The largest absolute Gasteiger partial charge is 0.481 e. The molecule has 3 rings (SSSR count). The lowest BCUT2D eigenvalue weighted by Gasteiger charge is -2.14. The Balaban J connectivity index is 1.67. The van der Waals surface area contributed by atoms with Crippen LogP contribution in [0.5, 0.6) is 5.75 Å². The van der Waals surface area contributed by atoms with Crippen LogP contribution >= 0.6 is 0 Å². The number of ether oxygens (including phenoxy) is 1. The van der Waals surface area contributed by atoms with Crippen molar-refractivity contribution in [3.63, 3.8) is 0 Å². The summed E-state index contributed by atoms with van der Waals surface area (Å²) in [6.07, 6.45) is -0.698. The number of amides is 1. The van der Waals surface area contributed by atoms with E-state index in [1.165, 1.54) is 0 Å². The van der Waals surface area contributed by atoms with Gasteiger partial charge in [-0.15, -0.1) is 0 Å². The number of aryl methyl sites for hydroxylation is 3. The molecule has 3 aromatic rings. The SMILES string of the molecule is Cc1cc(C)cc(O[C@H](C)C(=O)Nc2noc(-c3ccccc3C)n2)c1. The van der Waals surface area contributed by atoms with E-state index in [1.807, 2.05) is 63.2 Å². The van der Waals surface area contributed by atoms with Crippen LogP contribution in [0.15, 0.2) is 47.0 Å². The topological polar surface area (TPSA) is 77.2 Å². The summed E-state index contributed by atoms with van der Waals surface area (Å²) < 4.78 is 11.0. The van der Waals surface area contributed by atoms with Gasteiger partial charge in [0.2, 0.25) is 0 Å². The minimum atomic E-state index is -0.698. The van der Waals surface area contributed by atoms with Crippen molar-refractivity contribution in [3.05, 3.63) is 59.2 Å². The highest BCUT2D eigenvalue weighted by atomic mass is 16.5. The van der Waals surface area contributed by atoms with Crippen molar-refractivity contribution in [2.45, 2.75) is 33.8 Å². The van der Waals surface area contributed by atoms with Crippen LogP contribution in [0.2, 0.25) is 0 Å². The molecule has 26 heavy (non-hydrogen) atoms. The minimum Gasteiger partial charge on any atom is -0.481 e. The van der Waals surface area contributed by atoms with Crippen LogP contribution in [0.3, 0.4) is 0 Å². The van der Waals surface area contributed by atoms with Crippen molar-refractivity contribution < 1.29 is 14.1 Å². The van der Waals surface area contributed by atoms with E-state index < -0.39 is 6.10 Å². The van der Waals surface area contributed by atoms with Crippen LogP contribution in [-0.2, 0) is 4.79 Å². The van der Waals surface area contributed by atoms with Gasteiger partial charge in [0.1, 0.15) is 5.75 Å². The lowest BCUT2D eigenvalue weighted by Crippen LogP contribution is -2.30. The second kappa shape index (κ2) is 7.39. The van der Waals surface area contributed by atoms with E-state index >= 15 is 0 Å². The molecule has 0 spiro atoms. The van der Waals surface area contributed by atoms with E-state index in [2.05, 4.69) is 15.5 Å². The molecule has 1 aromatic heterocycles. The first-order valence-corrected chi connectivity index (χ1v) is 8.38. The smallest absolute Gasteiger partial charge is 0.270 e. The van der Waals surface area contributed by atoms with Gasteiger partial charge in [0.15, 0.2) is 6.10 Å². The zero-order chi connectivity index (χ0) is 18.7. The number of carbonyl (C=O) groups is 1. The maximum absolute atomic E-state index is 12.3. The molecule has 0 unspecified atom stereocenters. The van der Waals surface area contributed by atoms with E-state index in [1.54, 1.807) is 6.92 Å². The van der Waals surface area contributed by atoms with Gasteiger partial charge >= 0.3 is 0 Å². The highest BCUT2D eigenvalue weighted by Crippen LogP contribution is 2.22. The van der Waals surface area contributed by atoms with Crippen molar-refractivity contribution in [2.75, 3.05) is 5.32 Å². The summed E-state index contributed by atoms with van der Waals surface area (Å²) in [5.74, 6) is 0.783. The predicted molar refractivity (Wildman–Crippen MR) is 99.1 cm³/mol. The molecule has 134 valence electrons. The van der Waals surface area contributed by atoms with Crippen molar-refractivity contribution >= 4 is 11.9 Å². The van der Waals surface area contributed by atoms with E-state index in [4.69, 9.17) is 9.26 Å². The summed E-state index contributed by atoms with van der Waals surface area (Å²) in [5.41, 5.74) is 4.00. The Morgan fingerprint density at radius 2 is 1.81 bits per heavy atom. The number of nitrogens with zero attached hydrogens (tertiary/aromatic N) is 2. The Labute approximate surface area is 152 Å². The second-order valence-electron chi connectivity index (χ2n) is 6.31. The Morgan fingerprint density at radius 3 is 2.50 bits per heavy atom. The Kier molecular flexibility index (Phi) is 5.02. The van der Waals surface area contributed by atoms with Crippen LogP contribution in [0.25, 0.3) is 11.5 Å². The average Bonchev–Trinajstić information content (AvgIpc) is 3.02. The van der Waals surface area contributed by atoms with Gasteiger partial charge in [0, 0.05) is 5.56 Å². The Bertz CT molecular complexity index is 913. The molecule has 0 radical (unpaired) electrons. The maximum atomic E-state index is 12.3. The van der Waals surface area contributed by atoms with E-state index in [0.29, 0.717) is 11.6 Å². The molecular formula is C20H21N3O3. The molecule has 1 heterocycles. The normalized spacial score (nSPS) is 11.8. The van der Waals surface area contributed by atoms with Gasteiger partial charge in [-0.25, -0.2) is 0 Å². The summed E-state index contributed by atoms with van der Waals surface area (Å²) in [6.45, 7) is 7.60. The van der Waals surface area contributed by atoms with Gasteiger partial charge in [-0.2, -0.15) is 4.98 Å². The first-order valence-electron chi connectivity index (χ1n) is 8.38. The summed E-state index contributed by atoms with van der Waals surface area (Å²) in [4.78, 5) is 16.6. The van der Waals surface area contributed by atoms with E-state index in [0.717, 1.165) is 22.3 Å². The molecule has 1 N–H and O–H groups in total. The quantitative estimate of drug-likeness (QED) is 0.750. The number of rotatable bonds is 5. The summed E-state index contributed by atoms with van der Waals surface area (Å²) in [6, 6.07) is 13.5. The van der Waals surface area contributed by atoms with Crippen molar-refractivity contribution in [3.8, 4) is 17.2 Å². The molecule has 2 aromatic carbocycles. The first-order chi connectivity index (χ1) is 12.4. The van der Waals surface area contributed by atoms with Crippen molar-refractivity contribution in [2.24, 2.45) is 0 Å². The first kappa shape index (κ1) is 17.7. The predicted octanol–water partition coefficient (Wildman–Crippen LogP) is 4.07. The molecule has 1 amide bonds. The molecule has 0 saturated carbocycles. The van der Waals surface area contributed by atoms with Gasteiger partial charge in [0.25, 0.3) is 17.7 Å². The monoisotopic (exact) mass is 351 g/mol. The lowest BCUT2D eigenvalue weighted by molar-refractivity contribution is -0.122. The number of anilines is 1. The van der Waals surface area contributed by atoms with Crippen LogP contribution in [-0.4, -0.2) is 22.2 Å². The zero-order valence-corrected chi connectivity index (χ0v) is 15.2. The summed E-state index contributed by atoms with van der Waals surface area (Å²) in [5, 5.41) is 6.44. The third-order valence-electron chi connectivity index (χ3n) is 3.91. The maximum Gasteiger partial charge on any atom is 0.270 e. The molecule has 0 aliphatic heterocycles. The molecule has 0 aliphatic carbocycles.